The second-order valence-corrected chi connectivity index (χ2v) is 7.73. The fraction of sp³-hybridized carbons (Fsp3) is 0.923. The van der Waals surface area contributed by atoms with Gasteiger partial charge in [-0.3, -0.25) is 4.79 Å². The van der Waals surface area contributed by atoms with Crippen LogP contribution in [0, 0.1) is 5.92 Å². The molecule has 2 saturated carbocycles. The van der Waals surface area contributed by atoms with Gasteiger partial charge in [-0.2, -0.15) is 17.4 Å². The number of carboxylic acids is 1. The van der Waals surface area contributed by atoms with Crippen LogP contribution in [-0.4, -0.2) is 42.9 Å². The van der Waals surface area contributed by atoms with Crippen molar-refractivity contribution in [1.82, 2.24) is 9.03 Å². The van der Waals surface area contributed by atoms with E-state index in [0.717, 1.165) is 38.5 Å². The van der Waals surface area contributed by atoms with E-state index in [0.29, 0.717) is 0 Å². The molecule has 0 amide bonds. The van der Waals surface area contributed by atoms with Gasteiger partial charge in [0.2, 0.25) is 0 Å². The van der Waals surface area contributed by atoms with E-state index >= 15 is 0 Å². The Morgan fingerprint density at radius 1 is 1.25 bits per heavy atom. The Hall–Kier alpha value is -0.660. The summed E-state index contributed by atoms with van der Waals surface area (Å²) in [5.74, 6) is -0.773. The predicted octanol–water partition coefficient (Wildman–Crippen LogP) is 1.34. The van der Waals surface area contributed by atoms with Crippen molar-refractivity contribution in [2.24, 2.45) is 5.92 Å². The van der Waals surface area contributed by atoms with Crippen molar-refractivity contribution < 1.29 is 18.3 Å². The number of aliphatic carboxylic acids is 1. The molecule has 0 heterocycles. The maximum Gasteiger partial charge on any atom is 0.304 e. The highest BCUT2D eigenvalue weighted by Gasteiger charge is 2.37. The van der Waals surface area contributed by atoms with Crippen LogP contribution in [0.15, 0.2) is 0 Å². The van der Waals surface area contributed by atoms with Gasteiger partial charge in [0.05, 0.1) is 6.42 Å². The van der Waals surface area contributed by atoms with Crippen LogP contribution in [0.2, 0.25) is 0 Å². The Bertz CT molecular complexity index is 441. The van der Waals surface area contributed by atoms with E-state index in [1.54, 1.807) is 7.05 Å². The second-order valence-electron chi connectivity index (χ2n) is 5.97. The van der Waals surface area contributed by atoms with Gasteiger partial charge < -0.3 is 5.11 Å². The van der Waals surface area contributed by atoms with E-state index in [-0.39, 0.29) is 18.4 Å². The van der Waals surface area contributed by atoms with Crippen molar-refractivity contribution in [1.29, 1.82) is 0 Å². The van der Waals surface area contributed by atoms with Crippen LogP contribution >= 0.6 is 0 Å². The highest BCUT2D eigenvalue weighted by molar-refractivity contribution is 7.87. The van der Waals surface area contributed by atoms with Crippen LogP contribution in [0.5, 0.6) is 0 Å². The number of nitrogens with one attached hydrogen (secondary N) is 1. The topological polar surface area (TPSA) is 86.7 Å². The summed E-state index contributed by atoms with van der Waals surface area (Å²) in [6.45, 7) is 0. The van der Waals surface area contributed by atoms with Crippen LogP contribution < -0.4 is 4.72 Å². The van der Waals surface area contributed by atoms with Gasteiger partial charge >= 0.3 is 5.97 Å². The highest BCUT2D eigenvalue weighted by Crippen LogP contribution is 2.34. The maximum atomic E-state index is 12.4. The number of hydrogen-bond acceptors (Lipinski definition) is 3. The second kappa shape index (κ2) is 6.41. The van der Waals surface area contributed by atoms with Crippen molar-refractivity contribution in [3.05, 3.63) is 0 Å². The summed E-state index contributed by atoms with van der Waals surface area (Å²) >= 11 is 0. The average Bonchev–Trinajstić information content (AvgIpc) is 3.21. The molecule has 6 nitrogen and oxygen atoms in total. The van der Waals surface area contributed by atoms with E-state index in [1.807, 2.05) is 0 Å². The monoisotopic (exact) mass is 304 g/mol. The normalized spacial score (nSPS) is 22.9. The lowest BCUT2D eigenvalue weighted by molar-refractivity contribution is -0.137. The number of carbonyl (C=O) groups is 1. The van der Waals surface area contributed by atoms with E-state index in [9.17, 15) is 13.2 Å². The van der Waals surface area contributed by atoms with Crippen molar-refractivity contribution in [3.63, 3.8) is 0 Å². The first kappa shape index (κ1) is 15.7. The number of carboxylic acid groups (broad SMARTS) is 1. The van der Waals surface area contributed by atoms with Crippen LogP contribution in [0.1, 0.15) is 51.4 Å². The lowest BCUT2D eigenvalue weighted by Gasteiger charge is -2.31. The van der Waals surface area contributed by atoms with Gasteiger partial charge in [-0.1, -0.05) is 19.3 Å². The molecule has 116 valence electrons. The molecular formula is C13H24N2O4S. The summed E-state index contributed by atoms with van der Waals surface area (Å²) in [4.78, 5) is 10.9. The summed E-state index contributed by atoms with van der Waals surface area (Å²) in [5.41, 5.74) is 0. The van der Waals surface area contributed by atoms with Crippen molar-refractivity contribution >= 4 is 16.2 Å². The van der Waals surface area contributed by atoms with Gasteiger partial charge in [0, 0.05) is 19.1 Å². The summed E-state index contributed by atoms with van der Waals surface area (Å²) < 4.78 is 28.8. The largest absolute Gasteiger partial charge is 0.481 e. The number of hydrogen-bond donors (Lipinski definition) is 2. The van der Waals surface area contributed by atoms with Gasteiger partial charge in [0.15, 0.2) is 0 Å². The third kappa shape index (κ3) is 4.17. The molecule has 2 N–H and O–H groups in total. The van der Waals surface area contributed by atoms with Gasteiger partial charge in [0.1, 0.15) is 0 Å². The van der Waals surface area contributed by atoms with Crippen molar-refractivity contribution in [2.75, 3.05) is 7.05 Å². The molecule has 0 bridgehead atoms. The first-order chi connectivity index (χ1) is 9.40. The molecule has 0 aromatic rings. The molecule has 0 aromatic carbocycles. The SMILES string of the molecule is CN(C1CCCCC1)S(=O)(=O)NC(CC(=O)O)C1CC1. The first-order valence-corrected chi connectivity index (χ1v) is 8.81. The van der Waals surface area contributed by atoms with E-state index in [4.69, 9.17) is 5.11 Å². The first-order valence-electron chi connectivity index (χ1n) is 7.37. The van der Waals surface area contributed by atoms with Crippen molar-refractivity contribution in [3.8, 4) is 0 Å². The molecular weight excluding hydrogens is 280 g/mol. The van der Waals surface area contributed by atoms with E-state index in [2.05, 4.69) is 4.72 Å². The molecule has 2 aliphatic rings. The molecule has 2 rings (SSSR count). The fourth-order valence-electron chi connectivity index (χ4n) is 2.91. The third-order valence-corrected chi connectivity index (χ3v) is 6.01. The standard InChI is InChI=1S/C13H24N2O4S/c1-15(11-5-3-2-4-6-11)20(18,19)14-12(9-13(16)17)10-7-8-10/h10-12,14H,2-9H2,1H3,(H,16,17). The zero-order chi connectivity index (χ0) is 14.8. The summed E-state index contributed by atoms with van der Waals surface area (Å²) in [6.07, 6.45) is 6.76. The summed E-state index contributed by atoms with van der Waals surface area (Å²) in [7, 11) is -1.99. The van der Waals surface area contributed by atoms with Gasteiger partial charge in [0.25, 0.3) is 10.2 Å². The Morgan fingerprint density at radius 2 is 1.85 bits per heavy atom. The lowest BCUT2D eigenvalue weighted by Crippen LogP contribution is -2.49. The van der Waals surface area contributed by atoms with Crippen LogP contribution in [0.3, 0.4) is 0 Å². The Labute approximate surface area is 120 Å². The highest BCUT2D eigenvalue weighted by atomic mass is 32.2. The zero-order valence-corrected chi connectivity index (χ0v) is 12.7. The Kier molecular flexibility index (Phi) is 5.04. The minimum absolute atomic E-state index is 0.0472. The summed E-state index contributed by atoms with van der Waals surface area (Å²) in [6, 6.07) is -0.422. The molecule has 0 radical (unpaired) electrons. The number of nitrogens with zero attached hydrogens (tertiary/aromatic N) is 1. The minimum Gasteiger partial charge on any atom is -0.481 e. The van der Waals surface area contributed by atoms with Crippen LogP contribution in [0.4, 0.5) is 0 Å². The molecule has 7 heteroatoms. The summed E-state index contributed by atoms with van der Waals surface area (Å²) in [5, 5.41) is 8.90. The van der Waals surface area contributed by atoms with Gasteiger partial charge in [-0.25, -0.2) is 0 Å². The van der Waals surface area contributed by atoms with Crippen LogP contribution in [-0.2, 0) is 15.0 Å². The van der Waals surface area contributed by atoms with Crippen molar-refractivity contribution in [2.45, 2.75) is 63.5 Å². The Morgan fingerprint density at radius 3 is 2.35 bits per heavy atom. The molecule has 1 unspecified atom stereocenters. The van der Waals surface area contributed by atoms with Gasteiger partial charge in [-0.05, 0) is 31.6 Å². The third-order valence-electron chi connectivity index (χ3n) is 4.35. The molecule has 20 heavy (non-hydrogen) atoms. The quantitative estimate of drug-likeness (QED) is 0.743. The molecule has 2 fully saturated rings. The minimum atomic E-state index is -3.59. The molecule has 2 aliphatic carbocycles. The predicted molar refractivity (Wildman–Crippen MR) is 75.5 cm³/mol. The smallest absolute Gasteiger partial charge is 0.304 e. The van der Waals surface area contributed by atoms with E-state index in [1.165, 1.54) is 10.7 Å². The maximum absolute atomic E-state index is 12.4. The molecule has 0 saturated heterocycles. The molecule has 0 spiro atoms. The van der Waals surface area contributed by atoms with Gasteiger partial charge in [-0.15, -0.1) is 0 Å². The average molecular weight is 304 g/mol. The fourth-order valence-corrected chi connectivity index (χ4v) is 4.33. The molecule has 0 aliphatic heterocycles. The van der Waals surface area contributed by atoms with Crippen LogP contribution in [0.25, 0.3) is 0 Å². The Balaban J connectivity index is 1.98. The molecule has 1 atom stereocenters. The van der Waals surface area contributed by atoms with E-state index < -0.39 is 22.2 Å². The number of rotatable bonds is 7. The molecule has 0 aromatic heterocycles. The lowest BCUT2D eigenvalue weighted by atomic mass is 9.96. The zero-order valence-electron chi connectivity index (χ0n) is 11.9.